The SMILES string of the molecule is CCOC(=O)c1cnc2ccc(-c3ccc(NS(C)(=O)=O)cc3)cc2c1Nc1ccc(C)c([N+](=O)[O-])c1. The van der Waals surface area contributed by atoms with Crippen LogP contribution in [0, 0.1) is 17.0 Å². The van der Waals surface area contributed by atoms with Crippen LogP contribution in [0.1, 0.15) is 22.8 Å². The predicted molar refractivity (Wildman–Crippen MR) is 143 cm³/mol. The number of rotatable bonds is 8. The van der Waals surface area contributed by atoms with E-state index in [-0.39, 0.29) is 17.9 Å². The van der Waals surface area contributed by atoms with E-state index in [0.29, 0.717) is 33.5 Å². The molecule has 0 spiro atoms. The highest BCUT2D eigenvalue weighted by molar-refractivity contribution is 7.92. The summed E-state index contributed by atoms with van der Waals surface area (Å²) in [7, 11) is -3.40. The molecule has 1 aromatic heterocycles. The molecule has 37 heavy (non-hydrogen) atoms. The van der Waals surface area contributed by atoms with Crippen molar-refractivity contribution in [2.75, 3.05) is 22.9 Å². The third-order valence-corrected chi connectivity index (χ3v) is 6.17. The van der Waals surface area contributed by atoms with Crippen LogP contribution in [-0.4, -0.2) is 37.2 Å². The van der Waals surface area contributed by atoms with Crippen molar-refractivity contribution in [2.24, 2.45) is 0 Å². The minimum Gasteiger partial charge on any atom is -0.462 e. The van der Waals surface area contributed by atoms with Gasteiger partial charge in [-0.3, -0.25) is 19.8 Å². The van der Waals surface area contributed by atoms with Crippen molar-refractivity contribution < 1.29 is 22.9 Å². The number of aryl methyl sites for hydroxylation is 1. The number of nitro groups is 1. The Kier molecular flexibility index (Phi) is 7.07. The lowest BCUT2D eigenvalue weighted by molar-refractivity contribution is -0.385. The van der Waals surface area contributed by atoms with Crippen molar-refractivity contribution in [3.8, 4) is 11.1 Å². The van der Waals surface area contributed by atoms with Gasteiger partial charge in [0.05, 0.1) is 29.0 Å². The lowest BCUT2D eigenvalue weighted by atomic mass is 10.0. The van der Waals surface area contributed by atoms with Crippen LogP contribution < -0.4 is 10.0 Å². The fourth-order valence-electron chi connectivity index (χ4n) is 3.84. The van der Waals surface area contributed by atoms with Crippen LogP contribution in [0.5, 0.6) is 0 Å². The molecular formula is C26H24N4O6S. The van der Waals surface area contributed by atoms with Crippen LogP contribution in [0.3, 0.4) is 0 Å². The van der Waals surface area contributed by atoms with Gasteiger partial charge in [-0.25, -0.2) is 13.2 Å². The van der Waals surface area contributed by atoms with Gasteiger partial charge in [0, 0.05) is 34.6 Å². The van der Waals surface area contributed by atoms with E-state index in [0.717, 1.165) is 17.4 Å². The molecule has 0 bridgehead atoms. The Morgan fingerprint density at radius 2 is 1.70 bits per heavy atom. The first kappa shape index (κ1) is 25.6. The van der Waals surface area contributed by atoms with Gasteiger partial charge in [0.15, 0.2) is 0 Å². The Morgan fingerprint density at radius 3 is 2.35 bits per heavy atom. The van der Waals surface area contributed by atoms with Crippen molar-refractivity contribution in [3.63, 3.8) is 0 Å². The molecule has 2 N–H and O–H groups in total. The number of aromatic nitrogens is 1. The summed E-state index contributed by atoms with van der Waals surface area (Å²) in [5.74, 6) is -0.581. The summed E-state index contributed by atoms with van der Waals surface area (Å²) >= 11 is 0. The van der Waals surface area contributed by atoms with Crippen molar-refractivity contribution >= 4 is 49.6 Å². The number of ether oxygens (including phenoxy) is 1. The second kappa shape index (κ2) is 10.2. The van der Waals surface area contributed by atoms with Crippen LogP contribution in [0.15, 0.2) is 66.9 Å². The Morgan fingerprint density at radius 1 is 1.03 bits per heavy atom. The summed E-state index contributed by atoms with van der Waals surface area (Å²) < 4.78 is 30.6. The first-order valence-electron chi connectivity index (χ1n) is 11.3. The molecule has 4 rings (SSSR count). The topological polar surface area (TPSA) is 141 Å². The summed E-state index contributed by atoms with van der Waals surface area (Å²) in [4.78, 5) is 28.2. The fourth-order valence-corrected chi connectivity index (χ4v) is 4.41. The van der Waals surface area contributed by atoms with E-state index in [9.17, 15) is 23.3 Å². The molecule has 10 nitrogen and oxygen atoms in total. The number of nitrogens with one attached hydrogen (secondary N) is 2. The maximum Gasteiger partial charge on any atom is 0.341 e. The second-order valence-electron chi connectivity index (χ2n) is 8.33. The molecule has 1 heterocycles. The Bertz CT molecular complexity index is 1620. The summed E-state index contributed by atoms with van der Waals surface area (Å²) in [6.45, 7) is 3.51. The fraction of sp³-hybridized carbons (Fsp3) is 0.154. The highest BCUT2D eigenvalue weighted by Gasteiger charge is 2.19. The zero-order valence-corrected chi connectivity index (χ0v) is 21.1. The molecule has 0 saturated heterocycles. The number of hydrogen-bond donors (Lipinski definition) is 2. The van der Waals surface area contributed by atoms with Crippen LogP contribution in [0.4, 0.5) is 22.7 Å². The molecule has 0 saturated carbocycles. The molecule has 0 fully saturated rings. The Labute approximate surface area is 213 Å². The quantitative estimate of drug-likeness (QED) is 0.178. The summed E-state index contributed by atoms with van der Waals surface area (Å²) in [5, 5.41) is 15.2. The first-order valence-corrected chi connectivity index (χ1v) is 13.1. The number of nitrogens with zero attached hydrogens (tertiary/aromatic N) is 2. The number of carbonyl (C=O) groups is 1. The number of hydrogen-bond acceptors (Lipinski definition) is 8. The highest BCUT2D eigenvalue weighted by atomic mass is 32.2. The molecule has 0 aliphatic carbocycles. The third-order valence-electron chi connectivity index (χ3n) is 5.56. The van der Waals surface area contributed by atoms with Gasteiger partial charge in [0.2, 0.25) is 10.0 Å². The normalized spacial score (nSPS) is 11.2. The van der Waals surface area contributed by atoms with E-state index >= 15 is 0 Å². The van der Waals surface area contributed by atoms with Gasteiger partial charge in [-0.2, -0.15) is 0 Å². The summed E-state index contributed by atoms with van der Waals surface area (Å²) in [5.41, 5.74) is 4.09. The number of pyridine rings is 1. The zero-order valence-electron chi connectivity index (χ0n) is 20.3. The number of anilines is 3. The molecule has 0 atom stereocenters. The Balaban J connectivity index is 1.83. The van der Waals surface area contributed by atoms with Crippen molar-refractivity contribution in [1.29, 1.82) is 0 Å². The van der Waals surface area contributed by atoms with Gasteiger partial charge in [0.1, 0.15) is 5.56 Å². The molecule has 11 heteroatoms. The molecule has 0 aliphatic heterocycles. The van der Waals surface area contributed by atoms with Crippen LogP contribution >= 0.6 is 0 Å². The van der Waals surface area contributed by atoms with E-state index in [4.69, 9.17) is 4.74 Å². The smallest absolute Gasteiger partial charge is 0.341 e. The van der Waals surface area contributed by atoms with Crippen LogP contribution in [0.2, 0.25) is 0 Å². The van der Waals surface area contributed by atoms with Crippen LogP contribution in [0.25, 0.3) is 22.0 Å². The molecule has 190 valence electrons. The van der Waals surface area contributed by atoms with Crippen molar-refractivity contribution in [3.05, 3.63) is 88.1 Å². The number of benzene rings is 3. The number of sulfonamides is 1. The maximum atomic E-state index is 12.8. The van der Waals surface area contributed by atoms with Crippen molar-refractivity contribution in [2.45, 2.75) is 13.8 Å². The second-order valence-corrected chi connectivity index (χ2v) is 10.1. The molecule has 0 unspecified atom stereocenters. The number of carbonyl (C=O) groups excluding carboxylic acids is 1. The van der Waals surface area contributed by atoms with E-state index in [1.165, 1.54) is 12.3 Å². The summed E-state index contributed by atoms with van der Waals surface area (Å²) in [6.07, 6.45) is 2.49. The van der Waals surface area contributed by atoms with E-state index < -0.39 is 20.9 Å². The number of fused-ring (bicyclic) bond motifs is 1. The Hall–Kier alpha value is -4.51. The first-order chi connectivity index (χ1) is 17.6. The van der Waals surface area contributed by atoms with Gasteiger partial charge in [-0.1, -0.05) is 24.3 Å². The van der Waals surface area contributed by atoms with E-state index in [1.54, 1.807) is 56.3 Å². The zero-order chi connectivity index (χ0) is 26.7. The van der Waals surface area contributed by atoms with Gasteiger partial charge in [-0.05, 0) is 55.3 Å². The van der Waals surface area contributed by atoms with E-state index in [1.807, 2.05) is 12.1 Å². The lowest BCUT2D eigenvalue weighted by Gasteiger charge is -2.15. The van der Waals surface area contributed by atoms with Gasteiger partial charge in [0.25, 0.3) is 5.69 Å². The third kappa shape index (κ3) is 5.84. The van der Waals surface area contributed by atoms with Gasteiger partial charge < -0.3 is 10.1 Å². The molecule has 0 aliphatic rings. The summed E-state index contributed by atoms with van der Waals surface area (Å²) in [6, 6.07) is 17.1. The average molecular weight is 521 g/mol. The standard InChI is InChI=1S/C26H24N4O6S/c1-4-36-26(31)22-15-27-23-12-8-18(17-6-10-19(11-7-17)29-37(3,34)35)13-21(23)25(22)28-20-9-5-16(2)24(14-20)30(32)33/h5-15,29H,4H2,1-3H3,(H,27,28). The minimum absolute atomic E-state index is 0.0514. The maximum absolute atomic E-state index is 12.8. The number of nitro benzene ring substituents is 1. The highest BCUT2D eigenvalue weighted by Crippen LogP contribution is 2.34. The molecular weight excluding hydrogens is 496 g/mol. The van der Waals surface area contributed by atoms with Gasteiger partial charge in [-0.15, -0.1) is 0 Å². The molecule has 0 radical (unpaired) electrons. The lowest BCUT2D eigenvalue weighted by Crippen LogP contribution is -2.09. The number of esters is 1. The average Bonchev–Trinajstić information content (AvgIpc) is 2.84. The molecule has 4 aromatic rings. The monoisotopic (exact) mass is 520 g/mol. The largest absolute Gasteiger partial charge is 0.462 e. The van der Waals surface area contributed by atoms with Crippen molar-refractivity contribution in [1.82, 2.24) is 4.98 Å². The minimum atomic E-state index is -3.40. The molecule has 3 aromatic carbocycles. The molecule has 0 amide bonds. The predicted octanol–water partition coefficient (Wildman–Crippen LogP) is 5.41. The van der Waals surface area contributed by atoms with Crippen LogP contribution in [-0.2, 0) is 14.8 Å². The van der Waals surface area contributed by atoms with Gasteiger partial charge >= 0.3 is 5.97 Å². The van der Waals surface area contributed by atoms with E-state index in [2.05, 4.69) is 15.0 Å².